The van der Waals surface area contributed by atoms with Crippen LogP contribution in [-0.2, 0) is 9.53 Å². The molecule has 0 spiro atoms. The third-order valence-corrected chi connectivity index (χ3v) is 2.81. The molecule has 0 aromatic heterocycles. The van der Waals surface area contributed by atoms with E-state index in [1.54, 1.807) is 13.0 Å². The van der Waals surface area contributed by atoms with E-state index >= 15 is 0 Å². The second-order valence-corrected chi connectivity index (χ2v) is 4.38. The smallest absolute Gasteiger partial charge is 0.339 e. The Balaban J connectivity index is 3.15. The van der Waals surface area contributed by atoms with E-state index in [4.69, 9.17) is 9.47 Å². The number of hydrogen-bond donors (Lipinski definition) is 1. The third kappa shape index (κ3) is 3.20. The first-order valence-electron chi connectivity index (χ1n) is 5.20. The first-order valence-corrected chi connectivity index (χ1v) is 5.99. The lowest BCUT2D eigenvalue weighted by molar-refractivity contribution is -0.153. The molecule has 0 aliphatic carbocycles. The number of aliphatic hydroxyl groups excluding tert-OH is 1. The zero-order valence-electron chi connectivity index (χ0n) is 9.99. The minimum Gasteiger partial charge on any atom is -0.495 e. The van der Waals surface area contributed by atoms with Crippen molar-refractivity contribution < 1.29 is 19.4 Å². The van der Waals surface area contributed by atoms with Gasteiger partial charge in [-0.05, 0) is 47.5 Å². The third-order valence-electron chi connectivity index (χ3n) is 2.23. The predicted octanol–water partition coefficient (Wildman–Crippen LogP) is 2.36. The lowest BCUT2D eigenvalue weighted by Gasteiger charge is -2.15. The van der Waals surface area contributed by atoms with E-state index < -0.39 is 12.1 Å². The largest absolute Gasteiger partial charge is 0.495 e. The molecule has 1 unspecified atom stereocenters. The Morgan fingerprint density at radius 2 is 2.18 bits per heavy atom. The topological polar surface area (TPSA) is 55.8 Å². The van der Waals surface area contributed by atoms with Crippen LogP contribution in [0.5, 0.6) is 5.75 Å². The van der Waals surface area contributed by atoms with E-state index in [1.807, 2.05) is 13.0 Å². The van der Waals surface area contributed by atoms with Gasteiger partial charge in [0.15, 0.2) is 6.10 Å². The molecule has 0 aliphatic heterocycles. The summed E-state index contributed by atoms with van der Waals surface area (Å²) in [6.07, 6.45) is -1.33. The van der Waals surface area contributed by atoms with Crippen molar-refractivity contribution in [2.75, 3.05) is 13.7 Å². The van der Waals surface area contributed by atoms with E-state index in [0.717, 1.165) is 5.56 Å². The summed E-state index contributed by atoms with van der Waals surface area (Å²) in [5.74, 6) is -0.237. The molecule has 94 valence electrons. The monoisotopic (exact) mass is 302 g/mol. The van der Waals surface area contributed by atoms with Gasteiger partial charge >= 0.3 is 5.97 Å². The number of rotatable bonds is 4. The highest BCUT2D eigenvalue weighted by Gasteiger charge is 2.24. The van der Waals surface area contributed by atoms with Gasteiger partial charge in [-0.1, -0.05) is 0 Å². The van der Waals surface area contributed by atoms with Crippen LogP contribution in [0.3, 0.4) is 0 Å². The maximum Gasteiger partial charge on any atom is 0.339 e. The van der Waals surface area contributed by atoms with Gasteiger partial charge in [-0.2, -0.15) is 0 Å². The van der Waals surface area contributed by atoms with Gasteiger partial charge in [0.05, 0.1) is 18.2 Å². The zero-order valence-corrected chi connectivity index (χ0v) is 11.6. The summed E-state index contributed by atoms with van der Waals surface area (Å²) in [5, 5.41) is 9.91. The molecule has 1 aromatic rings. The number of halogens is 1. The summed E-state index contributed by atoms with van der Waals surface area (Å²) in [7, 11) is 1.48. The van der Waals surface area contributed by atoms with E-state index in [1.165, 1.54) is 7.11 Å². The molecule has 17 heavy (non-hydrogen) atoms. The van der Waals surface area contributed by atoms with Crippen LogP contribution in [0.1, 0.15) is 24.2 Å². The van der Waals surface area contributed by atoms with Crippen LogP contribution in [0, 0.1) is 6.92 Å². The van der Waals surface area contributed by atoms with Crippen molar-refractivity contribution in [3.05, 3.63) is 27.7 Å². The zero-order chi connectivity index (χ0) is 13.0. The van der Waals surface area contributed by atoms with E-state index in [-0.39, 0.29) is 6.61 Å². The number of carbonyl (C=O) groups is 1. The molecule has 0 fully saturated rings. The van der Waals surface area contributed by atoms with Crippen LogP contribution < -0.4 is 4.74 Å². The average Bonchev–Trinajstić information content (AvgIpc) is 2.27. The SMILES string of the molecule is CCOC(=O)C(O)c1cc(C)cc(Br)c1OC. The Morgan fingerprint density at radius 3 is 2.71 bits per heavy atom. The maximum atomic E-state index is 11.5. The molecule has 0 saturated carbocycles. The van der Waals surface area contributed by atoms with Gasteiger partial charge in [0.2, 0.25) is 0 Å². The van der Waals surface area contributed by atoms with E-state index in [2.05, 4.69) is 15.9 Å². The highest BCUT2D eigenvalue weighted by molar-refractivity contribution is 9.10. The number of benzene rings is 1. The molecule has 1 atom stereocenters. The summed E-state index contributed by atoms with van der Waals surface area (Å²) in [4.78, 5) is 11.5. The summed E-state index contributed by atoms with van der Waals surface area (Å²) >= 11 is 3.33. The molecule has 0 saturated heterocycles. The molecule has 0 bridgehead atoms. The predicted molar refractivity (Wildman–Crippen MR) is 67.0 cm³/mol. The Morgan fingerprint density at radius 1 is 1.53 bits per heavy atom. The van der Waals surface area contributed by atoms with Crippen molar-refractivity contribution in [2.24, 2.45) is 0 Å². The lowest BCUT2D eigenvalue weighted by Crippen LogP contribution is -2.16. The number of esters is 1. The van der Waals surface area contributed by atoms with Gasteiger partial charge in [0.25, 0.3) is 0 Å². The molecule has 4 nitrogen and oxygen atoms in total. The fourth-order valence-electron chi connectivity index (χ4n) is 1.52. The van der Waals surface area contributed by atoms with Crippen molar-refractivity contribution in [3.63, 3.8) is 0 Å². The van der Waals surface area contributed by atoms with Crippen molar-refractivity contribution in [2.45, 2.75) is 20.0 Å². The Labute approximate surface area is 109 Å². The van der Waals surface area contributed by atoms with Gasteiger partial charge in [0, 0.05) is 5.56 Å². The highest BCUT2D eigenvalue weighted by atomic mass is 79.9. The van der Waals surface area contributed by atoms with E-state index in [0.29, 0.717) is 15.8 Å². The van der Waals surface area contributed by atoms with Gasteiger partial charge in [0.1, 0.15) is 5.75 Å². The number of aliphatic hydroxyl groups is 1. The van der Waals surface area contributed by atoms with Crippen LogP contribution in [0.25, 0.3) is 0 Å². The minimum atomic E-state index is -1.33. The first-order chi connectivity index (χ1) is 8.01. The molecule has 0 radical (unpaired) electrons. The number of ether oxygens (including phenoxy) is 2. The normalized spacial score (nSPS) is 12.1. The number of hydrogen-bond acceptors (Lipinski definition) is 4. The fraction of sp³-hybridized carbons (Fsp3) is 0.417. The van der Waals surface area contributed by atoms with Crippen LogP contribution in [0.15, 0.2) is 16.6 Å². The van der Waals surface area contributed by atoms with Crippen molar-refractivity contribution in [1.29, 1.82) is 0 Å². The summed E-state index contributed by atoms with van der Waals surface area (Å²) in [6, 6.07) is 3.55. The molecular weight excluding hydrogens is 288 g/mol. The molecule has 1 aromatic carbocycles. The standard InChI is InChI=1S/C12H15BrO4/c1-4-17-12(15)10(14)8-5-7(2)6-9(13)11(8)16-3/h5-6,10,14H,4H2,1-3H3. The second kappa shape index (κ2) is 6.02. The summed E-state index contributed by atoms with van der Waals surface area (Å²) in [5.41, 5.74) is 1.31. The van der Waals surface area contributed by atoms with Crippen LogP contribution in [0.2, 0.25) is 0 Å². The second-order valence-electron chi connectivity index (χ2n) is 3.52. The fourth-order valence-corrected chi connectivity index (χ4v) is 2.27. The quantitative estimate of drug-likeness (QED) is 0.868. The highest BCUT2D eigenvalue weighted by Crippen LogP contribution is 2.34. The number of carbonyl (C=O) groups excluding carboxylic acids is 1. The first kappa shape index (κ1) is 14.0. The van der Waals surface area contributed by atoms with Gasteiger partial charge in [-0.25, -0.2) is 4.79 Å². The molecule has 0 aliphatic rings. The Hall–Kier alpha value is -1.07. The molecule has 0 heterocycles. The lowest BCUT2D eigenvalue weighted by atomic mass is 10.1. The van der Waals surface area contributed by atoms with Crippen molar-refractivity contribution in [3.8, 4) is 5.75 Å². The van der Waals surface area contributed by atoms with Crippen LogP contribution >= 0.6 is 15.9 Å². The van der Waals surface area contributed by atoms with Crippen LogP contribution in [-0.4, -0.2) is 24.8 Å². The van der Waals surface area contributed by atoms with Crippen LogP contribution in [0.4, 0.5) is 0 Å². The van der Waals surface area contributed by atoms with Gasteiger partial charge in [-0.15, -0.1) is 0 Å². The van der Waals surface area contributed by atoms with E-state index in [9.17, 15) is 9.90 Å². The van der Waals surface area contributed by atoms with Crippen molar-refractivity contribution >= 4 is 21.9 Å². The molecular formula is C12H15BrO4. The Bertz CT molecular complexity index is 417. The average molecular weight is 303 g/mol. The Kier molecular flexibility index (Phi) is 4.96. The summed E-state index contributed by atoms with van der Waals surface area (Å²) < 4.78 is 10.6. The number of methoxy groups -OCH3 is 1. The molecule has 0 amide bonds. The molecule has 1 N–H and O–H groups in total. The summed E-state index contributed by atoms with van der Waals surface area (Å²) in [6.45, 7) is 3.78. The van der Waals surface area contributed by atoms with Gasteiger partial charge < -0.3 is 14.6 Å². The van der Waals surface area contributed by atoms with Gasteiger partial charge in [-0.3, -0.25) is 0 Å². The van der Waals surface area contributed by atoms with Crippen molar-refractivity contribution in [1.82, 2.24) is 0 Å². The molecule has 1 rings (SSSR count). The maximum absolute atomic E-state index is 11.5. The molecule has 5 heteroatoms. The minimum absolute atomic E-state index is 0.227. The number of aryl methyl sites for hydroxylation is 1.